The molecule has 4 N–H and O–H groups in total. The maximum atomic E-state index is 13.4. The SMILES string of the molecule is COCC(=O)N(CCc1cccc(OC)c1)C1C=C(C(=O)NCCO)C2c3cc(CO)cc(OC)c3OC2C1O. The van der Waals surface area contributed by atoms with Gasteiger partial charge in [0.1, 0.15) is 24.6 Å². The van der Waals surface area contributed by atoms with Crippen LogP contribution in [-0.4, -0.2) is 97.9 Å². The molecule has 4 atom stereocenters. The molecule has 11 nitrogen and oxygen atoms in total. The standard InChI is InChI=1S/C29H36N2O9/c1-37-16-24(34)31(9-7-17-5-4-6-19(11-17)38-2)22-14-21(29(36)30-8-10-32)25-20-12-18(15-33)13-23(39-3)27(20)40-28(25)26(22)35/h4-6,11-14,22,25-26,28,32-33,35H,7-10,15-16H2,1-3H3,(H,30,36). The molecule has 0 spiro atoms. The number of carbonyl (C=O) groups is 2. The Kier molecular flexibility index (Phi) is 9.64. The molecule has 4 unspecified atom stereocenters. The topological polar surface area (TPSA) is 147 Å². The van der Waals surface area contributed by atoms with Crippen LogP contribution in [0, 0.1) is 0 Å². The van der Waals surface area contributed by atoms with Crippen LogP contribution in [0.4, 0.5) is 0 Å². The fraction of sp³-hybridized carbons (Fsp3) is 0.448. The molecule has 0 bridgehead atoms. The van der Waals surface area contributed by atoms with Crippen molar-refractivity contribution in [3.8, 4) is 17.2 Å². The van der Waals surface area contributed by atoms with Crippen molar-refractivity contribution in [2.75, 3.05) is 47.6 Å². The molecule has 4 rings (SSSR count). The van der Waals surface area contributed by atoms with E-state index in [9.17, 15) is 24.9 Å². The monoisotopic (exact) mass is 556 g/mol. The van der Waals surface area contributed by atoms with E-state index >= 15 is 0 Å². The maximum Gasteiger partial charge on any atom is 0.249 e. The molecule has 2 aromatic carbocycles. The van der Waals surface area contributed by atoms with Crippen molar-refractivity contribution in [3.63, 3.8) is 0 Å². The zero-order valence-corrected chi connectivity index (χ0v) is 22.8. The van der Waals surface area contributed by atoms with Gasteiger partial charge in [-0.15, -0.1) is 0 Å². The predicted octanol–water partition coefficient (Wildman–Crippen LogP) is 0.536. The van der Waals surface area contributed by atoms with Crippen molar-refractivity contribution in [3.05, 3.63) is 64.7 Å². The summed E-state index contributed by atoms with van der Waals surface area (Å²) in [4.78, 5) is 28.2. The number of nitrogens with one attached hydrogen (secondary N) is 1. The number of aliphatic hydroxyl groups is 3. The number of hydrogen-bond donors (Lipinski definition) is 4. The average Bonchev–Trinajstić information content (AvgIpc) is 3.36. The van der Waals surface area contributed by atoms with Crippen LogP contribution in [-0.2, 0) is 27.4 Å². The summed E-state index contributed by atoms with van der Waals surface area (Å²) in [7, 11) is 4.46. The third-order valence-corrected chi connectivity index (χ3v) is 7.22. The number of aliphatic hydroxyl groups excluding tert-OH is 3. The molecule has 0 fully saturated rings. The molecular weight excluding hydrogens is 520 g/mol. The molecule has 0 radical (unpaired) electrons. The fourth-order valence-electron chi connectivity index (χ4n) is 5.34. The Labute approximate surface area is 232 Å². The van der Waals surface area contributed by atoms with E-state index in [1.807, 2.05) is 24.3 Å². The molecule has 0 saturated carbocycles. The molecule has 11 heteroatoms. The first kappa shape index (κ1) is 29.3. The first-order valence-corrected chi connectivity index (χ1v) is 13.0. The van der Waals surface area contributed by atoms with Crippen LogP contribution in [0.15, 0.2) is 48.0 Å². The van der Waals surface area contributed by atoms with Crippen molar-refractivity contribution in [2.45, 2.75) is 37.2 Å². The Morgan fingerprint density at radius 3 is 2.55 bits per heavy atom. The van der Waals surface area contributed by atoms with Gasteiger partial charge in [-0.1, -0.05) is 12.1 Å². The number of fused-ring (bicyclic) bond motifs is 3. The van der Waals surface area contributed by atoms with Gasteiger partial charge in [-0.2, -0.15) is 0 Å². The lowest BCUT2D eigenvalue weighted by molar-refractivity contribution is -0.141. The minimum atomic E-state index is -1.21. The van der Waals surface area contributed by atoms with Crippen molar-refractivity contribution < 1.29 is 43.9 Å². The van der Waals surface area contributed by atoms with Gasteiger partial charge in [-0.25, -0.2) is 0 Å². The Balaban J connectivity index is 1.75. The quantitative estimate of drug-likeness (QED) is 0.294. The summed E-state index contributed by atoms with van der Waals surface area (Å²) >= 11 is 0. The lowest BCUT2D eigenvalue weighted by atomic mass is 9.77. The Bertz CT molecular complexity index is 1250. The van der Waals surface area contributed by atoms with Crippen LogP contribution in [0.25, 0.3) is 0 Å². The van der Waals surface area contributed by atoms with Gasteiger partial charge in [0.25, 0.3) is 0 Å². The minimum absolute atomic E-state index is 0.0245. The van der Waals surface area contributed by atoms with Crippen molar-refractivity contribution >= 4 is 11.8 Å². The molecule has 1 aliphatic carbocycles. The van der Waals surface area contributed by atoms with Crippen molar-refractivity contribution in [1.29, 1.82) is 0 Å². The number of rotatable bonds is 12. The summed E-state index contributed by atoms with van der Waals surface area (Å²) in [5.74, 6) is -0.115. The number of hydrogen-bond acceptors (Lipinski definition) is 9. The number of amides is 2. The fourth-order valence-corrected chi connectivity index (χ4v) is 5.34. The van der Waals surface area contributed by atoms with E-state index in [4.69, 9.17) is 18.9 Å². The van der Waals surface area contributed by atoms with Gasteiger partial charge in [0.2, 0.25) is 11.8 Å². The number of nitrogens with zero attached hydrogens (tertiary/aromatic N) is 1. The second-order valence-electron chi connectivity index (χ2n) is 9.64. The van der Waals surface area contributed by atoms with Gasteiger partial charge in [0.05, 0.1) is 39.4 Å². The summed E-state index contributed by atoms with van der Waals surface area (Å²) in [5, 5.41) is 33.5. The van der Waals surface area contributed by atoms with Crippen molar-refractivity contribution in [1.82, 2.24) is 10.2 Å². The van der Waals surface area contributed by atoms with Gasteiger partial charge >= 0.3 is 0 Å². The van der Waals surface area contributed by atoms with Crippen LogP contribution < -0.4 is 19.5 Å². The summed E-state index contributed by atoms with van der Waals surface area (Å²) in [6.45, 7) is -0.485. The highest BCUT2D eigenvalue weighted by atomic mass is 16.5. The molecule has 40 heavy (non-hydrogen) atoms. The smallest absolute Gasteiger partial charge is 0.249 e. The highest BCUT2D eigenvalue weighted by Crippen LogP contribution is 2.51. The van der Waals surface area contributed by atoms with Gasteiger partial charge in [0, 0.05) is 31.3 Å². The average molecular weight is 557 g/mol. The minimum Gasteiger partial charge on any atom is -0.497 e. The van der Waals surface area contributed by atoms with Crippen LogP contribution in [0.5, 0.6) is 17.2 Å². The van der Waals surface area contributed by atoms with E-state index in [2.05, 4.69) is 5.32 Å². The normalized spacial score (nSPS) is 21.0. The molecular formula is C29H36N2O9. The largest absolute Gasteiger partial charge is 0.497 e. The summed E-state index contributed by atoms with van der Waals surface area (Å²) in [6.07, 6.45) is -0.0788. The number of carbonyl (C=O) groups excluding carboxylic acids is 2. The van der Waals surface area contributed by atoms with Crippen molar-refractivity contribution in [2.24, 2.45) is 0 Å². The summed E-state index contributed by atoms with van der Waals surface area (Å²) in [6, 6.07) is 9.92. The zero-order chi connectivity index (χ0) is 28.8. The third kappa shape index (κ3) is 5.92. The molecule has 1 aliphatic heterocycles. The first-order valence-electron chi connectivity index (χ1n) is 13.0. The lowest BCUT2D eigenvalue weighted by Gasteiger charge is -2.40. The van der Waals surface area contributed by atoms with Gasteiger partial charge in [0.15, 0.2) is 11.5 Å². The van der Waals surface area contributed by atoms with E-state index < -0.39 is 30.1 Å². The molecule has 0 saturated heterocycles. The first-order chi connectivity index (χ1) is 19.4. The van der Waals surface area contributed by atoms with E-state index in [1.165, 1.54) is 19.1 Å². The maximum absolute atomic E-state index is 13.4. The Morgan fingerprint density at radius 1 is 1.07 bits per heavy atom. The number of methoxy groups -OCH3 is 3. The number of benzene rings is 2. The summed E-state index contributed by atoms with van der Waals surface area (Å²) in [5.41, 5.74) is 2.35. The second kappa shape index (κ2) is 13.1. The van der Waals surface area contributed by atoms with Crippen LogP contribution in [0.2, 0.25) is 0 Å². The van der Waals surface area contributed by atoms with Crippen LogP contribution in [0.3, 0.4) is 0 Å². The van der Waals surface area contributed by atoms with Crippen LogP contribution in [0.1, 0.15) is 22.6 Å². The highest BCUT2D eigenvalue weighted by molar-refractivity contribution is 5.96. The van der Waals surface area contributed by atoms with E-state index in [0.29, 0.717) is 34.8 Å². The lowest BCUT2D eigenvalue weighted by Crippen LogP contribution is -2.56. The number of ether oxygens (including phenoxy) is 4. The molecule has 2 aromatic rings. The Hall–Kier alpha value is -3.64. The highest BCUT2D eigenvalue weighted by Gasteiger charge is 2.51. The predicted molar refractivity (Wildman–Crippen MR) is 144 cm³/mol. The third-order valence-electron chi connectivity index (χ3n) is 7.22. The second-order valence-corrected chi connectivity index (χ2v) is 9.64. The Morgan fingerprint density at radius 2 is 1.88 bits per heavy atom. The van der Waals surface area contributed by atoms with E-state index in [0.717, 1.165) is 5.56 Å². The van der Waals surface area contributed by atoms with Gasteiger partial charge in [-0.3, -0.25) is 9.59 Å². The van der Waals surface area contributed by atoms with E-state index in [-0.39, 0.29) is 44.4 Å². The molecule has 2 amide bonds. The summed E-state index contributed by atoms with van der Waals surface area (Å²) < 4.78 is 22.2. The molecule has 0 aromatic heterocycles. The van der Waals surface area contributed by atoms with E-state index in [1.54, 1.807) is 25.3 Å². The molecule has 1 heterocycles. The van der Waals surface area contributed by atoms with Gasteiger partial charge < -0.3 is 44.5 Å². The van der Waals surface area contributed by atoms with Crippen LogP contribution >= 0.6 is 0 Å². The van der Waals surface area contributed by atoms with Gasteiger partial charge in [-0.05, 0) is 47.9 Å². The molecule has 216 valence electrons. The molecule has 2 aliphatic rings. The zero-order valence-electron chi connectivity index (χ0n) is 22.8.